The third-order valence-corrected chi connectivity index (χ3v) is 3.81. The maximum atomic E-state index is 4.34. The lowest BCUT2D eigenvalue weighted by Gasteiger charge is -2.11. The van der Waals surface area contributed by atoms with Crippen molar-refractivity contribution in [3.05, 3.63) is 42.9 Å². The molecule has 4 aromatic rings. The van der Waals surface area contributed by atoms with Gasteiger partial charge in [0.15, 0.2) is 5.82 Å². The van der Waals surface area contributed by atoms with Crippen molar-refractivity contribution in [1.82, 2.24) is 30.6 Å². The highest BCUT2D eigenvalue weighted by Crippen LogP contribution is 2.33. The van der Waals surface area contributed by atoms with E-state index in [0.29, 0.717) is 0 Å². The van der Waals surface area contributed by atoms with Crippen LogP contribution >= 0.6 is 0 Å². The topological polar surface area (TPSA) is 86.4 Å². The molecular weight excluding hydrogens is 290 g/mol. The van der Waals surface area contributed by atoms with Gasteiger partial charge in [-0.3, -0.25) is 10.2 Å². The van der Waals surface area contributed by atoms with Crippen molar-refractivity contribution in [2.75, 3.05) is 19.0 Å². The van der Waals surface area contributed by atoms with Gasteiger partial charge in [0.05, 0.1) is 23.6 Å². The number of hydrogen-bond acceptors (Lipinski definition) is 5. The van der Waals surface area contributed by atoms with E-state index in [9.17, 15) is 0 Å². The minimum absolute atomic E-state index is 0.820. The molecule has 7 nitrogen and oxygen atoms in total. The van der Waals surface area contributed by atoms with Crippen LogP contribution in [0.5, 0.6) is 0 Å². The van der Waals surface area contributed by atoms with Gasteiger partial charge in [0.1, 0.15) is 0 Å². The van der Waals surface area contributed by atoms with E-state index in [-0.39, 0.29) is 0 Å². The number of hydrogen-bond donors (Lipinski definition) is 2. The number of rotatable bonds is 3. The Morgan fingerprint density at radius 3 is 2.48 bits per heavy atom. The molecule has 114 valence electrons. The lowest BCUT2D eigenvalue weighted by atomic mass is 10.0. The maximum absolute atomic E-state index is 4.34. The fourth-order valence-corrected chi connectivity index (χ4v) is 2.60. The van der Waals surface area contributed by atoms with Gasteiger partial charge >= 0.3 is 0 Å². The van der Waals surface area contributed by atoms with Gasteiger partial charge in [0.25, 0.3) is 0 Å². The summed E-state index contributed by atoms with van der Waals surface area (Å²) in [5.74, 6) is 0.826. The zero-order valence-electron chi connectivity index (χ0n) is 12.8. The van der Waals surface area contributed by atoms with Crippen molar-refractivity contribution in [3.8, 4) is 22.4 Å². The van der Waals surface area contributed by atoms with Gasteiger partial charge in [-0.25, -0.2) is 0 Å². The fraction of sp³-hybridized carbons (Fsp3) is 0.125. The number of H-pyrrole nitrogens is 2. The van der Waals surface area contributed by atoms with E-state index >= 15 is 0 Å². The second kappa shape index (κ2) is 5.20. The molecule has 0 aliphatic heterocycles. The highest BCUT2D eigenvalue weighted by Gasteiger charge is 2.13. The SMILES string of the molecule is CN(C)c1ccc(-c2ccc(-c3cn[nH]c3)c3[nH]ncc23)nn1. The predicted molar refractivity (Wildman–Crippen MR) is 89.0 cm³/mol. The van der Waals surface area contributed by atoms with Gasteiger partial charge in [0, 0.05) is 42.4 Å². The number of nitrogens with one attached hydrogen (secondary N) is 2. The summed E-state index contributed by atoms with van der Waals surface area (Å²) in [7, 11) is 3.88. The summed E-state index contributed by atoms with van der Waals surface area (Å²) < 4.78 is 0. The van der Waals surface area contributed by atoms with Crippen LogP contribution in [-0.2, 0) is 0 Å². The Hall–Kier alpha value is -3.22. The van der Waals surface area contributed by atoms with Crippen LogP contribution in [0.1, 0.15) is 0 Å². The van der Waals surface area contributed by atoms with Gasteiger partial charge in [-0.2, -0.15) is 10.2 Å². The van der Waals surface area contributed by atoms with Gasteiger partial charge < -0.3 is 4.90 Å². The Morgan fingerprint density at radius 2 is 1.78 bits per heavy atom. The van der Waals surface area contributed by atoms with Crippen LogP contribution in [-0.4, -0.2) is 44.7 Å². The Morgan fingerprint density at radius 1 is 0.913 bits per heavy atom. The first kappa shape index (κ1) is 13.4. The lowest BCUT2D eigenvalue weighted by molar-refractivity contribution is 0.969. The largest absolute Gasteiger partial charge is 0.361 e. The molecule has 0 fully saturated rings. The minimum Gasteiger partial charge on any atom is -0.361 e. The summed E-state index contributed by atoms with van der Waals surface area (Å²) in [5, 5.41) is 23.7. The van der Waals surface area contributed by atoms with Gasteiger partial charge in [-0.1, -0.05) is 12.1 Å². The van der Waals surface area contributed by atoms with Crippen LogP contribution in [0.3, 0.4) is 0 Å². The zero-order valence-corrected chi connectivity index (χ0v) is 12.8. The molecule has 0 atom stereocenters. The van der Waals surface area contributed by atoms with Crippen LogP contribution in [0, 0.1) is 0 Å². The second-order valence-electron chi connectivity index (χ2n) is 5.48. The fourth-order valence-electron chi connectivity index (χ4n) is 2.60. The molecule has 0 aliphatic carbocycles. The van der Waals surface area contributed by atoms with E-state index in [0.717, 1.165) is 39.1 Å². The average molecular weight is 305 g/mol. The molecular formula is C16H15N7. The molecule has 0 saturated carbocycles. The van der Waals surface area contributed by atoms with E-state index in [4.69, 9.17) is 0 Å². The highest BCUT2D eigenvalue weighted by atomic mass is 15.2. The van der Waals surface area contributed by atoms with E-state index in [1.165, 1.54) is 0 Å². The average Bonchev–Trinajstić information content (AvgIpc) is 3.25. The van der Waals surface area contributed by atoms with E-state index in [1.807, 2.05) is 55.7 Å². The molecule has 0 saturated heterocycles. The first-order valence-electron chi connectivity index (χ1n) is 7.20. The molecule has 3 heterocycles. The molecule has 0 amide bonds. The number of benzene rings is 1. The van der Waals surface area contributed by atoms with Gasteiger partial charge in [-0.05, 0) is 12.1 Å². The number of aromatic amines is 2. The molecule has 23 heavy (non-hydrogen) atoms. The molecule has 0 unspecified atom stereocenters. The van der Waals surface area contributed by atoms with Crippen LogP contribution in [0.25, 0.3) is 33.3 Å². The standard InChI is InChI=1S/C16H15N7/c1-23(2)15-6-5-14(20-21-15)12-4-3-11(10-7-17-18-8-10)16-13(12)9-19-22-16/h3-9H,1-2H3,(H,17,18)(H,19,22). The lowest BCUT2D eigenvalue weighted by Crippen LogP contribution is -2.11. The minimum atomic E-state index is 0.820. The molecule has 7 heteroatoms. The molecule has 0 bridgehead atoms. The Labute approximate surface area is 132 Å². The third-order valence-electron chi connectivity index (χ3n) is 3.81. The zero-order chi connectivity index (χ0) is 15.8. The summed E-state index contributed by atoms with van der Waals surface area (Å²) in [6.07, 6.45) is 5.47. The summed E-state index contributed by atoms with van der Waals surface area (Å²) in [6.45, 7) is 0. The monoisotopic (exact) mass is 305 g/mol. The van der Waals surface area contributed by atoms with Crippen molar-refractivity contribution < 1.29 is 0 Å². The Bertz CT molecular complexity index is 936. The third kappa shape index (κ3) is 2.22. The molecule has 4 rings (SSSR count). The van der Waals surface area contributed by atoms with Crippen molar-refractivity contribution in [1.29, 1.82) is 0 Å². The first-order chi connectivity index (χ1) is 11.2. The van der Waals surface area contributed by atoms with Crippen LogP contribution in [0.2, 0.25) is 0 Å². The molecule has 0 radical (unpaired) electrons. The van der Waals surface area contributed by atoms with Gasteiger partial charge in [-0.15, -0.1) is 10.2 Å². The highest BCUT2D eigenvalue weighted by molar-refractivity contribution is 6.01. The van der Waals surface area contributed by atoms with Crippen LogP contribution in [0.4, 0.5) is 5.82 Å². The molecule has 0 aliphatic rings. The Balaban J connectivity index is 1.86. The van der Waals surface area contributed by atoms with E-state index in [1.54, 1.807) is 6.20 Å². The number of fused-ring (bicyclic) bond motifs is 1. The number of nitrogens with zero attached hydrogens (tertiary/aromatic N) is 5. The molecule has 3 aromatic heterocycles. The smallest absolute Gasteiger partial charge is 0.150 e. The molecule has 0 spiro atoms. The van der Waals surface area contributed by atoms with Crippen molar-refractivity contribution in [3.63, 3.8) is 0 Å². The summed E-state index contributed by atoms with van der Waals surface area (Å²) >= 11 is 0. The summed E-state index contributed by atoms with van der Waals surface area (Å²) in [4.78, 5) is 1.92. The summed E-state index contributed by atoms with van der Waals surface area (Å²) in [6, 6.07) is 8.02. The molecule has 1 aromatic carbocycles. The van der Waals surface area contributed by atoms with Gasteiger partial charge in [0.2, 0.25) is 0 Å². The normalized spacial score (nSPS) is 11.0. The number of aromatic nitrogens is 6. The summed E-state index contributed by atoms with van der Waals surface area (Å²) in [5.41, 5.74) is 4.84. The van der Waals surface area contributed by atoms with E-state index in [2.05, 4.69) is 30.6 Å². The second-order valence-corrected chi connectivity index (χ2v) is 5.48. The van der Waals surface area contributed by atoms with Crippen LogP contribution in [0.15, 0.2) is 42.9 Å². The van der Waals surface area contributed by atoms with Crippen molar-refractivity contribution in [2.45, 2.75) is 0 Å². The van der Waals surface area contributed by atoms with E-state index < -0.39 is 0 Å². The molecule has 2 N–H and O–H groups in total. The van der Waals surface area contributed by atoms with Crippen LogP contribution < -0.4 is 4.90 Å². The van der Waals surface area contributed by atoms with Crippen molar-refractivity contribution >= 4 is 16.7 Å². The predicted octanol–water partition coefficient (Wildman–Crippen LogP) is 2.48. The number of anilines is 1. The maximum Gasteiger partial charge on any atom is 0.150 e. The Kier molecular flexibility index (Phi) is 3.04. The quantitative estimate of drug-likeness (QED) is 0.607. The first-order valence-corrected chi connectivity index (χ1v) is 7.20. The van der Waals surface area contributed by atoms with Crippen molar-refractivity contribution in [2.24, 2.45) is 0 Å².